The van der Waals surface area contributed by atoms with E-state index in [1.807, 2.05) is 18.2 Å². The number of aromatic nitrogens is 3. The number of hydrogen-bond donors (Lipinski definition) is 1. The lowest BCUT2D eigenvalue weighted by atomic mass is 10.1. The average Bonchev–Trinajstić information content (AvgIpc) is 3.40. The fourth-order valence-electron chi connectivity index (χ4n) is 4.33. The van der Waals surface area contributed by atoms with Crippen LogP contribution in [-0.4, -0.2) is 33.5 Å². The molecule has 3 heterocycles. The third-order valence-corrected chi connectivity index (χ3v) is 6.14. The summed E-state index contributed by atoms with van der Waals surface area (Å²) in [6.07, 6.45) is 5.33. The first-order valence-corrected chi connectivity index (χ1v) is 11.4. The van der Waals surface area contributed by atoms with Crippen LogP contribution >= 0.6 is 0 Å². The van der Waals surface area contributed by atoms with E-state index in [-0.39, 0.29) is 18.7 Å². The second kappa shape index (κ2) is 9.61. The van der Waals surface area contributed by atoms with Crippen LogP contribution in [0, 0.1) is 11.6 Å². The van der Waals surface area contributed by atoms with Gasteiger partial charge in [0.05, 0.1) is 12.1 Å². The first kappa shape index (κ1) is 22.6. The molecule has 7 nitrogen and oxygen atoms in total. The van der Waals surface area contributed by atoms with Crippen LogP contribution in [0.4, 0.5) is 14.6 Å². The molecule has 1 aliphatic heterocycles. The Labute approximate surface area is 200 Å². The standard InChI is InChI=1S/C26H23F2N5O2/c27-21-7-5-18(13-22(21)28)15-33-11-3-4-19(26(33)35)25(34)29-14-17-6-8-23-20(12-17)24(31-16-30-23)32-9-1-2-10-32/h3-8,11-13,16H,1-2,9-10,14-15H2,(H,29,34). The number of nitrogens with zero attached hydrogens (tertiary/aromatic N) is 4. The Bertz CT molecular complexity index is 1460. The lowest BCUT2D eigenvalue weighted by Gasteiger charge is -2.18. The molecular formula is C26H23F2N5O2. The highest BCUT2D eigenvalue weighted by Crippen LogP contribution is 2.26. The molecule has 1 saturated heterocycles. The van der Waals surface area contributed by atoms with Gasteiger partial charge < -0.3 is 14.8 Å². The zero-order valence-electron chi connectivity index (χ0n) is 18.9. The van der Waals surface area contributed by atoms with Gasteiger partial charge in [0.2, 0.25) is 0 Å². The minimum absolute atomic E-state index is 0.0150. The van der Waals surface area contributed by atoms with E-state index in [4.69, 9.17) is 0 Å². The van der Waals surface area contributed by atoms with Crippen molar-refractivity contribution in [3.05, 3.63) is 99.7 Å². The van der Waals surface area contributed by atoms with Gasteiger partial charge in [0, 0.05) is 31.2 Å². The van der Waals surface area contributed by atoms with E-state index in [0.717, 1.165) is 60.3 Å². The van der Waals surface area contributed by atoms with Gasteiger partial charge in [-0.05, 0) is 60.4 Å². The predicted molar refractivity (Wildman–Crippen MR) is 128 cm³/mol. The average molecular weight is 475 g/mol. The Hall–Kier alpha value is -4.14. The number of hydrogen-bond acceptors (Lipinski definition) is 5. The summed E-state index contributed by atoms with van der Waals surface area (Å²) < 4.78 is 28.0. The van der Waals surface area contributed by atoms with Crippen molar-refractivity contribution in [2.45, 2.75) is 25.9 Å². The van der Waals surface area contributed by atoms with Gasteiger partial charge in [-0.15, -0.1) is 0 Å². The van der Waals surface area contributed by atoms with Gasteiger partial charge in [0.25, 0.3) is 11.5 Å². The van der Waals surface area contributed by atoms with E-state index < -0.39 is 23.1 Å². The van der Waals surface area contributed by atoms with Crippen LogP contribution in [0.25, 0.3) is 10.9 Å². The number of benzene rings is 2. The molecule has 9 heteroatoms. The van der Waals surface area contributed by atoms with Gasteiger partial charge in [-0.1, -0.05) is 12.1 Å². The molecule has 0 spiro atoms. The zero-order valence-corrected chi connectivity index (χ0v) is 18.9. The summed E-state index contributed by atoms with van der Waals surface area (Å²) in [6, 6.07) is 12.2. The molecule has 0 radical (unpaired) electrons. The van der Waals surface area contributed by atoms with Crippen molar-refractivity contribution in [1.82, 2.24) is 19.9 Å². The molecule has 178 valence electrons. The smallest absolute Gasteiger partial charge is 0.263 e. The van der Waals surface area contributed by atoms with Gasteiger partial charge in [0.1, 0.15) is 17.7 Å². The van der Waals surface area contributed by atoms with E-state index in [2.05, 4.69) is 20.2 Å². The fraction of sp³-hybridized carbons (Fsp3) is 0.231. The number of pyridine rings is 1. The number of nitrogens with one attached hydrogen (secondary N) is 1. The molecule has 2 aromatic carbocycles. The maximum absolute atomic E-state index is 13.5. The van der Waals surface area contributed by atoms with E-state index in [9.17, 15) is 18.4 Å². The van der Waals surface area contributed by atoms with Gasteiger partial charge in [-0.3, -0.25) is 9.59 Å². The molecule has 1 N–H and O–H groups in total. The maximum atomic E-state index is 13.5. The van der Waals surface area contributed by atoms with Crippen LogP contribution in [0.5, 0.6) is 0 Å². The second-order valence-corrected chi connectivity index (χ2v) is 8.53. The minimum Gasteiger partial charge on any atom is -0.356 e. The van der Waals surface area contributed by atoms with Crippen molar-refractivity contribution in [1.29, 1.82) is 0 Å². The van der Waals surface area contributed by atoms with Gasteiger partial charge in [0.15, 0.2) is 11.6 Å². The number of carbonyl (C=O) groups excluding carboxylic acids is 1. The van der Waals surface area contributed by atoms with Crippen LogP contribution < -0.4 is 15.8 Å². The van der Waals surface area contributed by atoms with E-state index in [1.54, 1.807) is 12.4 Å². The summed E-state index contributed by atoms with van der Waals surface area (Å²) in [5.41, 5.74) is 1.56. The molecule has 0 saturated carbocycles. The second-order valence-electron chi connectivity index (χ2n) is 8.53. The van der Waals surface area contributed by atoms with E-state index in [1.165, 1.54) is 22.9 Å². The highest BCUT2D eigenvalue weighted by Gasteiger charge is 2.17. The summed E-state index contributed by atoms with van der Waals surface area (Å²) in [5, 5.41) is 3.73. The largest absolute Gasteiger partial charge is 0.356 e. The SMILES string of the molecule is O=C(NCc1ccc2ncnc(N3CCCC3)c2c1)c1cccn(Cc2ccc(F)c(F)c2)c1=O. The van der Waals surface area contributed by atoms with Crippen LogP contribution in [0.2, 0.25) is 0 Å². The van der Waals surface area contributed by atoms with Crippen molar-refractivity contribution < 1.29 is 13.6 Å². The summed E-state index contributed by atoms with van der Waals surface area (Å²) in [4.78, 5) is 36.7. The number of fused-ring (bicyclic) bond motifs is 1. The Kier molecular flexibility index (Phi) is 6.22. The monoisotopic (exact) mass is 475 g/mol. The topological polar surface area (TPSA) is 80.1 Å². The first-order chi connectivity index (χ1) is 17.0. The summed E-state index contributed by atoms with van der Waals surface area (Å²) >= 11 is 0. The molecule has 4 aromatic rings. The molecule has 1 amide bonds. The van der Waals surface area contributed by atoms with Crippen LogP contribution in [0.15, 0.2) is 65.8 Å². The Morgan fingerprint density at radius 3 is 2.57 bits per heavy atom. The van der Waals surface area contributed by atoms with Gasteiger partial charge >= 0.3 is 0 Å². The molecule has 1 aliphatic rings. The molecular weight excluding hydrogens is 452 g/mol. The van der Waals surface area contributed by atoms with Crippen LogP contribution in [-0.2, 0) is 13.1 Å². The summed E-state index contributed by atoms with van der Waals surface area (Å²) in [6.45, 7) is 2.15. The Balaban J connectivity index is 1.33. The molecule has 2 aromatic heterocycles. The van der Waals surface area contributed by atoms with Crippen molar-refractivity contribution in [2.75, 3.05) is 18.0 Å². The normalized spacial score (nSPS) is 13.4. The molecule has 0 atom stereocenters. The minimum atomic E-state index is -0.988. The number of carbonyl (C=O) groups is 1. The Morgan fingerprint density at radius 1 is 0.971 bits per heavy atom. The predicted octanol–water partition coefficient (Wildman–Crippen LogP) is 3.65. The number of rotatable bonds is 6. The molecule has 0 bridgehead atoms. The van der Waals surface area contributed by atoms with Crippen LogP contribution in [0.3, 0.4) is 0 Å². The van der Waals surface area contributed by atoms with Crippen molar-refractivity contribution >= 4 is 22.6 Å². The number of amides is 1. The lowest BCUT2D eigenvalue weighted by molar-refractivity contribution is 0.0949. The van der Waals surface area contributed by atoms with Crippen LogP contribution in [0.1, 0.15) is 34.3 Å². The fourth-order valence-corrected chi connectivity index (χ4v) is 4.33. The molecule has 5 rings (SSSR count). The lowest BCUT2D eigenvalue weighted by Crippen LogP contribution is -2.32. The zero-order chi connectivity index (χ0) is 24.4. The number of anilines is 1. The number of halogens is 2. The van der Waals surface area contributed by atoms with E-state index >= 15 is 0 Å². The summed E-state index contributed by atoms with van der Waals surface area (Å²) in [5.74, 6) is -1.57. The van der Waals surface area contributed by atoms with Crippen molar-refractivity contribution in [3.63, 3.8) is 0 Å². The highest BCUT2D eigenvalue weighted by atomic mass is 19.2. The Morgan fingerprint density at radius 2 is 1.77 bits per heavy atom. The molecule has 35 heavy (non-hydrogen) atoms. The third-order valence-electron chi connectivity index (χ3n) is 6.14. The molecule has 0 unspecified atom stereocenters. The quantitative estimate of drug-likeness (QED) is 0.461. The third kappa shape index (κ3) is 4.75. The molecule has 0 aliphatic carbocycles. The highest BCUT2D eigenvalue weighted by molar-refractivity contribution is 5.94. The molecule has 1 fully saturated rings. The van der Waals surface area contributed by atoms with Gasteiger partial charge in [-0.25, -0.2) is 18.7 Å². The van der Waals surface area contributed by atoms with Crippen molar-refractivity contribution in [2.24, 2.45) is 0 Å². The van der Waals surface area contributed by atoms with Crippen molar-refractivity contribution in [3.8, 4) is 0 Å². The van der Waals surface area contributed by atoms with Gasteiger partial charge in [-0.2, -0.15) is 0 Å². The first-order valence-electron chi connectivity index (χ1n) is 11.4. The summed E-state index contributed by atoms with van der Waals surface area (Å²) in [7, 11) is 0. The van der Waals surface area contributed by atoms with E-state index in [0.29, 0.717) is 5.56 Å². The maximum Gasteiger partial charge on any atom is 0.263 e.